The number of amides is 1. The predicted molar refractivity (Wildman–Crippen MR) is 84.4 cm³/mol. The maximum Gasteiger partial charge on any atom is 0.355 e. The second-order valence-electron chi connectivity index (χ2n) is 5.52. The van der Waals surface area contributed by atoms with Gasteiger partial charge in [0.05, 0.1) is 12.2 Å². The Morgan fingerprint density at radius 2 is 1.74 bits per heavy atom. The largest absolute Gasteiger partial charge is 0.461 e. The average Bonchev–Trinajstić information content (AvgIpc) is 2.78. The molecule has 7 nitrogen and oxygen atoms in total. The highest BCUT2D eigenvalue weighted by atomic mass is 16.5. The molecule has 23 heavy (non-hydrogen) atoms. The van der Waals surface area contributed by atoms with E-state index in [0.29, 0.717) is 11.3 Å². The lowest BCUT2D eigenvalue weighted by Gasteiger charge is -2.21. The smallest absolute Gasteiger partial charge is 0.355 e. The zero-order valence-corrected chi connectivity index (χ0v) is 14.5. The van der Waals surface area contributed by atoms with Gasteiger partial charge in [0.2, 0.25) is 0 Å². The fourth-order valence-electron chi connectivity index (χ4n) is 2.05. The van der Waals surface area contributed by atoms with E-state index < -0.39 is 11.9 Å². The van der Waals surface area contributed by atoms with E-state index in [1.165, 1.54) is 4.90 Å². The summed E-state index contributed by atoms with van der Waals surface area (Å²) >= 11 is 0. The number of nitrogens with zero attached hydrogens (tertiary/aromatic N) is 1. The first-order valence-electron chi connectivity index (χ1n) is 7.49. The maximum absolute atomic E-state index is 12.2. The standard InChI is InChI=1S/C16H24N2O5/c1-7-22-16(21)14-10(4)13(11(5)17-14)15(20)23-8-12(19)18(6)9(2)3/h9,17H,7-8H2,1-6H3. The number of rotatable bonds is 6. The summed E-state index contributed by atoms with van der Waals surface area (Å²) in [6, 6.07) is 0.0207. The summed E-state index contributed by atoms with van der Waals surface area (Å²) in [5.74, 6) is -1.45. The second-order valence-corrected chi connectivity index (χ2v) is 5.52. The monoisotopic (exact) mass is 324 g/mol. The summed E-state index contributed by atoms with van der Waals surface area (Å²) in [6.07, 6.45) is 0. The molecule has 0 fully saturated rings. The molecule has 128 valence electrons. The summed E-state index contributed by atoms with van der Waals surface area (Å²) in [6.45, 7) is 8.63. The number of aromatic nitrogens is 1. The number of hydrogen-bond acceptors (Lipinski definition) is 5. The van der Waals surface area contributed by atoms with Crippen molar-refractivity contribution >= 4 is 17.8 Å². The van der Waals surface area contributed by atoms with E-state index >= 15 is 0 Å². The van der Waals surface area contributed by atoms with Crippen molar-refractivity contribution in [1.82, 2.24) is 9.88 Å². The molecule has 0 unspecified atom stereocenters. The molecule has 1 amide bonds. The number of carbonyl (C=O) groups excluding carboxylic acids is 3. The highest BCUT2D eigenvalue weighted by Crippen LogP contribution is 2.19. The minimum atomic E-state index is -0.641. The van der Waals surface area contributed by atoms with Crippen LogP contribution >= 0.6 is 0 Å². The lowest BCUT2D eigenvalue weighted by atomic mass is 10.1. The van der Waals surface area contributed by atoms with Crippen LogP contribution in [-0.2, 0) is 14.3 Å². The summed E-state index contributed by atoms with van der Waals surface area (Å²) in [5.41, 5.74) is 1.44. The Kier molecular flexibility index (Phi) is 6.36. The topological polar surface area (TPSA) is 88.7 Å². The summed E-state index contributed by atoms with van der Waals surface area (Å²) in [5, 5.41) is 0. The van der Waals surface area contributed by atoms with Crippen molar-refractivity contribution in [3.8, 4) is 0 Å². The van der Waals surface area contributed by atoms with Gasteiger partial charge in [0.15, 0.2) is 6.61 Å². The number of aryl methyl sites for hydroxylation is 1. The number of nitrogens with one attached hydrogen (secondary N) is 1. The molecule has 1 rings (SSSR count). The highest BCUT2D eigenvalue weighted by Gasteiger charge is 2.24. The van der Waals surface area contributed by atoms with Crippen LogP contribution in [0.3, 0.4) is 0 Å². The van der Waals surface area contributed by atoms with Gasteiger partial charge in [-0.1, -0.05) is 0 Å². The first-order chi connectivity index (χ1) is 10.7. The third-order valence-corrected chi connectivity index (χ3v) is 3.62. The summed E-state index contributed by atoms with van der Waals surface area (Å²) < 4.78 is 10.0. The van der Waals surface area contributed by atoms with Gasteiger partial charge in [-0.05, 0) is 40.2 Å². The lowest BCUT2D eigenvalue weighted by Crippen LogP contribution is -2.36. The van der Waals surface area contributed by atoms with Gasteiger partial charge in [0.25, 0.3) is 5.91 Å². The number of esters is 2. The van der Waals surface area contributed by atoms with Crippen molar-refractivity contribution in [3.63, 3.8) is 0 Å². The molecular formula is C16H24N2O5. The number of carbonyl (C=O) groups is 3. The quantitative estimate of drug-likeness (QED) is 0.807. The Labute approximate surface area is 135 Å². The number of hydrogen-bond donors (Lipinski definition) is 1. The van der Waals surface area contributed by atoms with Crippen LogP contribution in [0.15, 0.2) is 0 Å². The Hall–Kier alpha value is -2.31. The third-order valence-electron chi connectivity index (χ3n) is 3.62. The number of likely N-dealkylation sites (N-methyl/N-ethyl adjacent to an activating group) is 1. The minimum Gasteiger partial charge on any atom is -0.461 e. The van der Waals surface area contributed by atoms with Crippen molar-refractivity contribution in [3.05, 3.63) is 22.5 Å². The van der Waals surface area contributed by atoms with E-state index in [9.17, 15) is 14.4 Å². The van der Waals surface area contributed by atoms with Crippen molar-refractivity contribution in [2.45, 2.75) is 40.7 Å². The fourth-order valence-corrected chi connectivity index (χ4v) is 2.05. The Morgan fingerprint density at radius 1 is 1.13 bits per heavy atom. The zero-order valence-electron chi connectivity index (χ0n) is 14.5. The third kappa shape index (κ3) is 4.34. The molecular weight excluding hydrogens is 300 g/mol. The van der Waals surface area contributed by atoms with E-state index in [0.717, 1.165) is 0 Å². The molecule has 0 aromatic carbocycles. The SMILES string of the molecule is CCOC(=O)c1[nH]c(C)c(C(=O)OCC(=O)N(C)C(C)C)c1C. The highest BCUT2D eigenvalue weighted by molar-refractivity contribution is 5.99. The number of ether oxygens (including phenoxy) is 2. The Bertz CT molecular complexity index is 604. The summed E-state index contributed by atoms with van der Waals surface area (Å²) in [4.78, 5) is 40.2. The molecule has 0 spiro atoms. The molecule has 0 radical (unpaired) electrons. The number of H-pyrrole nitrogens is 1. The van der Waals surface area contributed by atoms with Crippen molar-refractivity contribution in [2.75, 3.05) is 20.3 Å². The molecule has 0 aliphatic carbocycles. The normalized spacial score (nSPS) is 10.6. The van der Waals surface area contributed by atoms with Crippen molar-refractivity contribution < 1.29 is 23.9 Å². The first-order valence-corrected chi connectivity index (χ1v) is 7.49. The molecule has 1 heterocycles. The van der Waals surface area contributed by atoms with Crippen LogP contribution in [0.2, 0.25) is 0 Å². The van der Waals surface area contributed by atoms with Crippen molar-refractivity contribution in [1.29, 1.82) is 0 Å². The molecule has 1 aromatic heterocycles. The average molecular weight is 324 g/mol. The van der Waals surface area contributed by atoms with E-state index in [2.05, 4.69) is 4.98 Å². The van der Waals surface area contributed by atoms with Gasteiger partial charge in [-0.15, -0.1) is 0 Å². The van der Waals surface area contributed by atoms with Gasteiger partial charge in [-0.2, -0.15) is 0 Å². The van der Waals surface area contributed by atoms with E-state index in [1.807, 2.05) is 13.8 Å². The molecule has 7 heteroatoms. The Morgan fingerprint density at radius 3 is 2.26 bits per heavy atom. The van der Waals surface area contributed by atoms with Crippen LogP contribution in [0, 0.1) is 13.8 Å². The minimum absolute atomic E-state index is 0.0207. The van der Waals surface area contributed by atoms with Crippen LogP contribution in [0.4, 0.5) is 0 Å². The van der Waals surface area contributed by atoms with Crippen LogP contribution < -0.4 is 0 Å². The molecule has 0 aliphatic rings. The van der Waals surface area contributed by atoms with Gasteiger partial charge in [-0.25, -0.2) is 9.59 Å². The zero-order chi connectivity index (χ0) is 17.7. The van der Waals surface area contributed by atoms with E-state index in [4.69, 9.17) is 9.47 Å². The van der Waals surface area contributed by atoms with Gasteiger partial charge >= 0.3 is 11.9 Å². The van der Waals surface area contributed by atoms with Crippen LogP contribution in [0.1, 0.15) is 52.9 Å². The molecule has 0 atom stereocenters. The molecule has 1 N–H and O–H groups in total. The molecule has 0 aliphatic heterocycles. The van der Waals surface area contributed by atoms with Gasteiger partial charge in [0, 0.05) is 18.8 Å². The number of aromatic amines is 1. The van der Waals surface area contributed by atoms with Crippen LogP contribution in [-0.4, -0.2) is 54.0 Å². The summed E-state index contributed by atoms with van der Waals surface area (Å²) in [7, 11) is 1.65. The van der Waals surface area contributed by atoms with Crippen molar-refractivity contribution in [2.24, 2.45) is 0 Å². The lowest BCUT2D eigenvalue weighted by molar-refractivity contribution is -0.134. The molecule has 0 saturated heterocycles. The van der Waals surface area contributed by atoms with E-state index in [-0.39, 0.29) is 36.4 Å². The molecule has 0 bridgehead atoms. The Balaban J connectivity index is 2.85. The predicted octanol–water partition coefficient (Wildman–Crippen LogP) is 1.83. The second kappa shape index (κ2) is 7.80. The maximum atomic E-state index is 12.2. The molecule has 0 saturated carbocycles. The first kappa shape index (κ1) is 18.7. The molecule has 1 aromatic rings. The van der Waals surface area contributed by atoms with Gasteiger partial charge in [-0.3, -0.25) is 4.79 Å². The van der Waals surface area contributed by atoms with E-state index in [1.54, 1.807) is 27.8 Å². The van der Waals surface area contributed by atoms with Crippen LogP contribution in [0.5, 0.6) is 0 Å². The van der Waals surface area contributed by atoms with Crippen LogP contribution in [0.25, 0.3) is 0 Å². The van der Waals surface area contributed by atoms with Gasteiger partial charge in [0.1, 0.15) is 5.69 Å². The van der Waals surface area contributed by atoms with Gasteiger partial charge < -0.3 is 19.4 Å². The fraction of sp³-hybridized carbons (Fsp3) is 0.562.